The number of amides is 1. The first-order valence-electron chi connectivity index (χ1n) is 7.60. The van der Waals surface area contributed by atoms with Crippen molar-refractivity contribution in [1.82, 2.24) is 4.90 Å². The Labute approximate surface area is 130 Å². The normalized spacial score (nSPS) is 26.0. The van der Waals surface area contributed by atoms with Gasteiger partial charge in [-0.2, -0.15) is 0 Å². The van der Waals surface area contributed by atoms with E-state index in [9.17, 15) is 14.3 Å². The second-order valence-corrected chi connectivity index (χ2v) is 6.85. The van der Waals surface area contributed by atoms with Gasteiger partial charge >= 0.3 is 6.09 Å². The van der Waals surface area contributed by atoms with Crippen molar-refractivity contribution in [2.45, 2.75) is 52.1 Å². The van der Waals surface area contributed by atoms with Crippen LogP contribution in [-0.2, 0) is 11.3 Å². The summed E-state index contributed by atoms with van der Waals surface area (Å²) in [5.41, 5.74) is 0.509. The van der Waals surface area contributed by atoms with Crippen LogP contribution in [0.5, 0.6) is 0 Å². The molecule has 1 saturated heterocycles. The molecule has 0 radical (unpaired) electrons. The Hall–Kier alpha value is -1.62. The first kappa shape index (κ1) is 16.7. The number of hydrogen-bond acceptors (Lipinski definition) is 2. The molecule has 22 heavy (non-hydrogen) atoms. The first-order valence-corrected chi connectivity index (χ1v) is 7.60. The van der Waals surface area contributed by atoms with Gasteiger partial charge in [0.25, 0.3) is 0 Å². The third-order valence-electron chi connectivity index (χ3n) is 4.09. The topological polar surface area (TPSA) is 49.8 Å². The van der Waals surface area contributed by atoms with Gasteiger partial charge in [0.2, 0.25) is 0 Å². The minimum absolute atomic E-state index is 0.303. The van der Waals surface area contributed by atoms with E-state index in [0.29, 0.717) is 19.6 Å². The van der Waals surface area contributed by atoms with Crippen molar-refractivity contribution in [3.8, 4) is 0 Å². The van der Waals surface area contributed by atoms with E-state index >= 15 is 0 Å². The molecule has 4 nitrogen and oxygen atoms in total. The van der Waals surface area contributed by atoms with Crippen LogP contribution in [0.3, 0.4) is 0 Å². The predicted molar refractivity (Wildman–Crippen MR) is 82.5 cm³/mol. The van der Waals surface area contributed by atoms with Gasteiger partial charge < -0.3 is 14.7 Å². The molecule has 1 amide bonds. The molecule has 0 saturated carbocycles. The van der Waals surface area contributed by atoms with Crippen LogP contribution < -0.4 is 0 Å². The second-order valence-electron chi connectivity index (χ2n) is 6.85. The minimum atomic E-state index is -1.33. The third kappa shape index (κ3) is 3.77. The fourth-order valence-electron chi connectivity index (χ4n) is 3.05. The van der Waals surface area contributed by atoms with E-state index in [1.807, 2.05) is 51.1 Å². The zero-order valence-electron chi connectivity index (χ0n) is 13.3. The van der Waals surface area contributed by atoms with Gasteiger partial charge in [-0.3, -0.25) is 0 Å². The van der Waals surface area contributed by atoms with Crippen molar-refractivity contribution in [1.29, 1.82) is 0 Å². The van der Waals surface area contributed by atoms with Gasteiger partial charge in [0, 0.05) is 6.54 Å². The predicted octanol–water partition coefficient (Wildman–Crippen LogP) is 3.71. The lowest BCUT2D eigenvalue weighted by Gasteiger charge is -2.46. The van der Waals surface area contributed by atoms with Crippen molar-refractivity contribution in [2.24, 2.45) is 5.41 Å². The smallest absolute Gasteiger partial charge is 0.407 e. The summed E-state index contributed by atoms with van der Waals surface area (Å²) in [5.74, 6) is 0. The van der Waals surface area contributed by atoms with Crippen molar-refractivity contribution >= 4 is 6.09 Å². The van der Waals surface area contributed by atoms with Crippen molar-refractivity contribution in [2.75, 3.05) is 6.54 Å². The molecule has 1 aromatic carbocycles. The molecular formula is C17H24FNO3. The van der Waals surface area contributed by atoms with Gasteiger partial charge in [-0.15, -0.1) is 0 Å². The minimum Gasteiger partial charge on any atom is -0.465 e. The Balaban J connectivity index is 2.07. The lowest BCUT2D eigenvalue weighted by molar-refractivity contribution is -0.0967. The molecule has 1 aromatic rings. The number of benzene rings is 1. The van der Waals surface area contributed by atoms with Crippen molar-refractivity contribution in [3.63, 3.8) is 0 Å². The summed E-state index contributed by atoms with van der Waals surface area (Å²) in [6.45, 7) is 6.23. The molecule has 1 N–H and O–H groups in total. The van der Waals surface area contributed by atoms with Crippen LogP contribution >= 0.6 is 0 Å². The van der Waals surface area contributed by atoms with Crippen LogP contribution in [0.1, 0.15) is 32.8 Å². The van der Waals surface area contributed by atoms with Gasteiger partial charge in [0.1, 0.15) is 6.17 Å². The van der Waals surface area contributed by atoms with Gasteiger partial charge in [-0.25, -0.2) is 9.18 Å². The largest absolute Gasteiger partial charge is 0.465 e. The summed E-state index contributed by atoms with van der Waals surface area (Å²) in [6, 6.07) is 8.91. The molecule has 3 atom stereocenters. The number of nitrogens with zero attached hydrogens (tertiary/aromatic N) is 1. The molecule has 122 valence electrons. The maximum Gasteiger partial charge on any atom is 0.407 e. The van der Waals surface area contributed by atoms with Crippen LogP contribution in [0.25, 0.3) is 0 Å². The molecule has 2 rings (SSSR count). The second kappa shape index (κ2) is 6.65. The van der Waals surface area contributed by atoms with Gasteiger partial charge in [0.15, 0.2) is 0 Å². The number of hydrogen-bond donors (Lipinski definition) is 1. The van der Waals surface area contributed by atoms with E-state index in [1.54, 1.807) is 0 Å². The maximum absolute atomic E-state index is 14.9. The molecule has 1 heterocycles. The number of ether oxygens (including phenoxy) is 1. The average molecular weight is 309 g/mol. The number of rotatable bonds is 3. The lowest BCUT2D eigenvalue weighted by Crippen LogP contribution is -2.60. The Morgan fingerprint density at radius 1 is 1.36 bits per heavy atom. The van der Waals surface area contributed by atoms with E-state index < -0.39 is 29.8 Å². The van der Waals surface area contributed by atoms with E-state index in [2.05, 4.69) is 0 Å². The molecular weight excluding hydrogens is 285 g/mol. The maximum atomic E-state index is 14.9. The Morgan fingerprint density at radius 2 is 2.00 bits per heavy atom. The molecule has 0 bridgehead atoms. The molecule has 0 aromatic heterocycles. The molecule has 0 spiro atoms. The summed E-state index contributed by atoms with van der Waals surface area (Å²) in [7, 11) is 0. The molecule has 5 heteroatoms. The SMILES string of the molecule is CC(C)(C)C1C(F)C(OCc2ccccc2)CCN1C(=O)O. The summed E-state index contributed by atoms with van der Waals surface area (Å²) < 4.78 is 20.6. The number of carboxylic acid groups (broad SMARTS) is 1. The zero-order chi connectivity index (χ0) is 16.3. The lowest BCUT2D eigenvalue weighted by atomic mass is 9.78. The highest BCUT2D eigenvalue weighted by Gasteiger charge is 2.47. The van der Waals surface area contributed by atoms with Crippen molar-refractivity contribution < 1.29 is 19.0 Å². The van der Waals surface area contributed by atoms with Crippen LogP contribution in [0, 0.1) is 5.41 Å². The highest BCUT2D eigenvalue weighted by Crippen LogP contribution is 2.35. The third-order valence-corrected chi connectivity index (χ3v) is 4.09. The number of alkyl halides is 1. The summed E-state index contributed by atoms with van der Waals surface area (Å²) in [6.07, 6.45) is -2.58. The Bertz CT molecular complexity index is 500. The van der Waals surface area contributed by atoms with E-state index in [4.69, 9.17) is 4.74 Å². The Kier molecular flexibility index (Phi) is 5.06. The number of halogens is 1. The standard InChI is InChI=1S/C17H24FNO3/c1-17(2,3)15-14(18)13(9-10-19(15)16(20)21)22-11-12-7-5-4-6-8-12/h4-8,13-15H,9-11H2,1-3H3,(H,20,21). The highest BCUT2D eigenvalue weighted by atomic mass is 19.1. The van der Waals surface area contributed by atoms with Crippen LogP contribution in [0.15, 0.2) is 30.3 Å². The van der Waals surface area contributed by atoms with Crippen molar-refractivity contribution in [3.05, 3.63) is 35.9 Å². The molecule has 1 fully saturated rings. The van der Waals surface area contributed by atoms with Crippen LogP contribution in [0.4, 0.5) is 9.18 Å². The molecule has 0 aliphatic carbocycles. The number of likely N-dealkylation sites (tertiary alicyclic amines) is 1. The van der Waals surface area contributed by atoms with Crippen LogP contribution in [0.2, 0.25) is 0 Å². The molecule has 3 unspecified atom stereocenters. The first-order chi connectivity index (χ1) is 10.3. The Morgan fingerprint density at radius 3 is 2.55 bits per heavy atom. The summed E-state index contributed by atoms with van der Waals surface area (Å²) in [4.78, 5) is 12.6. The van der Waals surface area contributed by atoms with E-state index in [1.165, 1.54) is 4.90 Å². The fraction of sp³-hybridized carbons (Fsp3) is 0.588. The molecule has 1 aliphatic heterocycles. The van der Waals surface area contributed by atoms with E-state index in [0.717, 1.165) is 5.56 Å². The highest BCUT2D eigenvalue weighted by molar-refractivity contribution is 5.66. The monoisotopic (exact) mass is 309 g/mol. The number of piperidine rings is 1. The number of carbonyl (C=O) groups is 1. The van der Waals surface area contributed by atoms with Gasteiger partial charge in [0.05, 0.1) is 18.8 Å². The quantitative estimate of drug-likeness (QED) is 0.926. The molecule has 1 aliphatic rings. The average Bonchev–Trinajstić information content (AvgIpc) is 2.45. The zero-order valence-corrected chi connectivity index (χ0v) is 13.3. The fourth-order valence-corrected chi connectivity index (χ4v) is 3.05. The van der Waals surface area contributed by atoms with E-state index in [-0.39, 0.29) is 0 Å². The van der Waals surface area contributed by atoms with Crippen LogP contribution in [-0.4, -0.2) is 41.0 Å². The van der Waals surface area contributed by atoms with Gasteiger partial charge in [-0.1, -0.05) is 51.1 Å². The summed E-state index contributed by atoms with van der Waals surface area (Å²) >= 11 is 0. The summed E-state index contributed by atoms with van der Waals surface area (Å²) in [5, 5.41) is 9.30. The van der Waals surface area contributed by atoms with Gasteiger partial charge in [-0.05, 0) is 17.4 Å².